The molecule has 0 aliphatic rings. The molecule has 1 amide bonds. The van der Waals surface area contributed by atoms with Gasteiger partial charge in [-0.3, -0.25) is 14.2 Å². The third-order valence-corrected chi connectivity index (χ3v) is 3.50. The zero-order valence-corrected chi connectivity index (χ0v) is 12.9. The summed E-state index contributed by atoms with van der Waals surface area (Å²) in [6, 6.07) is 0.108. The van der Waals surface area contributed by atoms with Gasteiger partial charge in [0.15, 0.2) is 0 Å². The first-order chi connectivity index (χ1) is 9.92. The minimum atomic E-state index is -0.409. The fraction of sp³-hybridized carbons (Fsp3) is 0.500. The van der Waals surface area contributed by atoms with Crippen molar-refractivity contribution in [1.82, 2.24) is 19.6 Å². The summed E-state index contributed by atoms with van der Waals surface area (Å²) >= 11 is 0. The molecule has 0 radical (unpaired) electrons. The maximum Gasteiger partial charge on any atom is 0.239 e. The van der Waals surface area contributed by atoms with Crippen LogP contribution in [0.25, 0.3) is 0 Å². The molecule has 1 unspecified atom stereocenters. The lowest BCUT2D eigenvalue weighted by Gasteiger charge is -2.14. The Morgan fingerprint density at radius 2 is 2.19 bits per heavy atom. The molecule has 0 saturated heterocycles. The van der Waals surface area contributed by atoms with E-state index in [1.54, 1.807) is 12.4 Å². The van der Waals surface area contributed by atoms with Crippen LogP contribution in [0.2, 0.25) is 0 Å². The van der Waals surface area contributed by atoms with Gasteiger partial charge in [-0.15, -0.1) is 0 Å². The van der Waals surface area contributed by atoms with Crippen LogP contribution in [0.3, 0.4) is 0 Å². The number of nitrogens with two attached hydrogens (primary N) is 1. The van der Waals surface area contributed by atoms with Crippen molar-refractivity contribution in [3.05, 3.63) is 29.3 Å². The molecule has 0 aliphatic heterocycles. The van der Waals surface area contributed by atoms with Crippen LogP contribution >= 0.6 is 0 Å². The van der Waals surface area contributed by atoms with Gasteiger partial charge in [-0.05, 0) is 27.7 Å². The number of hydrogen-bond donors (Lipinski definition) is 2. The molecule has 2 aromatic heterocycles. The molecule has 114 valence electrons. The number of nitrogens with one attached hydrogen (secondary N) is 1. The summed E-state index contributed by atoms with van der Waals surface area (Å²) in [7, 11) is 0. The molecule has 2 rings (SSSR count). The van der Waals surface area contributed by atoms with E-state index in [0.717, 1.165) is 17.9 Å². The average molecular weight is 290 g/mol. The van der Waals surface area contributed by atoms with Gasteiger partial charge in [0.25, 0.3) is 0 Å². The molecule has 7 nitrogen and oxygen atoms in total. The highest BCUT2D eigenvalue weighted by Gasteiger charge is 2.17. The Morgan fingerprint density at radius 1 is 1.48 bits per heavy atom. The van der Waals surface area contributed by atoms with Gasteiger partial charge in [0.1, 0.15) is 6.54 Å². The summed E-state index contributed by atoms with van der Waals surface area (Å²) in [5, 5.41) is 12.0. The van der Waals surface area contributed by atoms with E-state index in [1.807, 2.05) is 11.6 Å². The van der Waals surface area contributed by atoms with E-state index < -0.39 is 5.91 Å². The van der Waals surface area contributed by atoms with Gasteiger partial charge in [-0.2, -0.15) is 10.2 Å². The van der Waals surface area contributed by atoms with Crippen molar-refractivity contribution in [1.29, 1.82) is 0 Å². The van der Waals surface area contributed by atoms with E-state index in [-0.39, 0.29) is 12.6 Å². The lowest BCUT2D eigenvalue weighted by atomic mass is 10.1. The number of amides is 1. The highest BCUT2D eigenvalue weighted by atomic mass is 16.1. The molecule has 3 N–H and O–H groups in total. The Bertz CT molecular complexity index is 642. The fourth-order valence-electron chi connectivity index (χ4n) is 2.65. The second-order valence-electron chi connectivity index (χ2n) is 5.16. The summed E-state index contributed by atoms with van der Waals surface area (Å²) in [6.07, 6.45) is 3.46. The number of aromatic nitrogens is 4. The molecule has 2 heterocycles. The number of hydrogen-bond acceptors (Lipinski definition) is 4. The molecule has 0 spiro atoms. The zero-order chi connectivity index (χ0) is 15.6. The lowest BCUT2D eigenvalue weighted by Crippen LogP contribution is -2.18. The molecule has 1 atom stereocenters. The van der Waals surface area contributed by atoms with Crippen LogP contribution in [0.15, 0.2) is 12.4 Å². The number of primary amides is 1. The second kappa shape index (κ2) is 5.99. The number of carbonyl (C=O) groups excluding carboxylic acids is 1. The number of aryl methyl sites for hydroxylation is 2. The first-order valence-corrected chi connectivity index (χ1v) is 7.03. The normalized spacial score (nSPS) is 12.4. The Hall–Kier alpha value is -2.31. The molecule has 2 aromatic rings. The van der Waals surface area contributed by atoms with Gasteiger partial charge in [-0.1, -0.05) is 0 Å². The highest BCUT2D eigenvalue weighted by molar-refractivity contribution is 5.73. The Kier molecular flexibility index (Phi) is 4.30. The van der Waals surface area contributed by atoms with Crippen molar-refractivity contribution in [3.8, 4) is 0 Å². The summed E-state index contributed by atoms with van der Waals surface area (Å²) in [5.74, 6) is -0.409. The van der Waals surface area contributed by atoms with Crippen LogP contribution in [-0.2, 0) is 17.9 Å². The van der Waals surface area contributed by atoms with Crippen LogP contribution in [0.5, 0.6) is 0 Å². The Morgan fingerprint density at radius 3 is 2.76 bits per heavy atom. The van der Waals surface area contributed by atoms with Crippen molar-refractivity contribution in [3.63, 3.8) is 0 Å². The van der Waals surface area contributed by atoms with E-state index in [9.17, 15) is 4.79 Å². The molecule has 0 saturated carbocycles. The van der Waals surface area contributed by atoms with E-state index in [0.29, 0.717) is 0 Å². The molecule has 7 heteroatoms. The highest BCUT2D eigenvalue weighted by Crippen LogP contribution is 2.24. The van der Waals surface area contributed by atoms with Gasteiger partial charge in [0.2, 0.25) is 5.91 Å². The number of rotatable bonds is 6. The zero-order valence-electron chi connectivity index (χ0n) is 12.9. The van der Waals surface area contributed by atoms with Gasteiger partial charge in [0.05, 0.1) is 23.6 Å². The van der Waals surface area contributed by atoms with Crippen LogP contribution in [0, 0.1) is 13.8 Å². The fourth-order valence-corrected chi connectivity index (χ4v) is 2.65. The predicted molar refractivity (Wildman–Crippen MR) is 80.8 cm³/mol. The molecule has 21 heavy (non-hydrogen) atoms. The number of nitrogens with zero attached hydrogens (tertiary/aromatic N) is 4. The molecule has 0 fully saturated rings. The van der Waals surface area contributed by atoms with Crippen molar-refractivity contribution in [2.45, 2.75) is 46.8 Å². The van der Waals surface area contributed by atoms with Gasteiger partial charge in [0, 0.05) is 24.0 Å². The molecule has 0 aromatic carbocycles. The smallest absolute Gasteiger partial charge is 0.239 e. The van der Waals surface area contributed by atoms with Gasteiger partial charge in [-0.25, -0.2) is 0 Å². The maximum absolute atomic E-state index is 10.9. The largest absolute Gasteiger partial charge is 0.376 e. The summed E-state index contributed by atoms with van der Waals surface area (Å²) < 4.78 is 3.52. The van der Waals surface area contributed by atoms with E-state index in [4.69, 9.17) is 5.73 Å². The van der Waals surface area contributed by atoms with E-state index in [1.165, 1.54) is 15.9 Å². The Labute approximate surface area is 124 Å². The topological polar surface area (TPSA) is 90.8 Å². The van der Waals surface area contributed by atoms with Crippen LogP contribution < -0.4 is 11.1 Å². The van der Waals surface area contributed by atoms with Crippen molar-refractivity contribution in [2.75, 3.05) is 5.32 Å². The lowest BCUT2D eigenvalue weighted by molar-refractivity contribution is -0.118. The predicted octanol–water partition coefficient (Wildman–Crippen LogP) is 1.37. The molecule has 0 aliphatic carbocycles. The monoisotopic (exact) mass is 290 g/mol. The molecular formula is C14H22N6O. The third kappa shape index (κ3) is 3.24. The van der Waals surface area contributed by atoms with Gasteiger partial charge >= 0.3 is 0 Å². The maximum atomic E-state index is 10.9. The standard InChI is InChI=1S/C14H22N6O/c1-5-20-11(4)14(10(3)18-20)9(2)17-12-6-16-19(7-12)8-13(15)21/h6-7,9,17H,5,8H2,1-4H3,(H2,15,21). The van der Waals surface area contributed by atoms with E-state index >= 15 is 0 Å². The SMILES string of the molecule is CCn1nc(C)c(C(C)Nc2cnn(CC(N)=O)c2)c1C. The minimum Gasteiger partial charge on any atom is -0.376 e. The quantitative estimate of drug-likeness (QED) is 0.840. The van der Waals surface area contributed by atoms with Crippen LogP contribution in [-0.4, -0.2) is 25.5 Å². The van der Waals surface area contributed by atoms with E-state index in [2.05, 4.69) is 36.3 Å². The molecule has 0 bridgehead atoms. The van der Waals surface area contributed by atoms with Crippen molar-refractivity contribution < 1.29 is 4.79 Å². The first-order valence-electron chi connectivity index (χ1n) is 7.03. The summed E-state index contributed by atoms with van der Waals surface area (Å²) in [6.45, 7) is 9.20. The van der Waals surface area contributed by atoms with Gasteiger partial charge < -0.3 is 11.1 Å². The Balaban J connectivity index is 2.14. The third-order valence-electron chi connectivity index (χ3n) is 3.50. The number of carbonyl (C=O) groups is 1. The average Bonchev–Trinajstić information content (AvgIpc) is 2.93. The summed E-state index contributed by atoms with van der Waals surface area (Å²) in [4.78, 5) is 10.9. The van der Waals surface area contributed by atoms with Crippen molar-refractivity contribution >= 4 is 11.6 Å². The summed E-state index contributed by atoms with van der Waals surface area (Å²) in [5.41, 5.74) is 9.39. The first kappa shape index (κ1) is 15.1. The second-order valence-corrected chi connectivity index (χ2v) is 5.16. The van der Waals surface area contributed by atoms with Crippen LogP contribution in [0.4, 0.5) is 5.69 Å². The van der Waals surface area contributed by atoms with Crippen LogP contribution in [0.1, 0.15) is 36.8 Å². The number of anilines is 1. The minimum absolute atomic E-state index is 0.0852. The molecular weight excluding hydrogens is 268 g/mol. The van der Waals surface area contributed by atoms with Crippen molar-refractivity contribution in [2.24, 2.45) is 5.73 Å².